The van der Waals surface area contributed by atoms with E-state index >= 15 is 0 Å². The van der Waals surface area contributed by atoms with Crippen LogP contribution >= 0.6 is 0 Å². The van der Waals surface area contributed by atoms with Crippen LogP contribution in [0.1, 0.15) is 44.1 Å². The first kappa shape index (κ1) is 12.7. The average molecular weight is 257 g/mol. The van der Waals surface area contributed by atoms with Crippen molar-refractivity contribution in [3.63, 3.8) is 0 Å². The smallest absolute Gasteiger partial charge is 0.225 e. The highest BCUT2D eigenvalue weighted by Gasteiger charge is 2.36. The molecule has 1 aliphatic carbocycles. The molecule has 2 nitrogen and oxygen atoms in total. The molecule has 1 amide bonds. The van der Waals surface area contributed by atoms with Crippen molar-refractivity contribution in [3.8, 4) is 0 Å². The number of rotatable bonds is 2. The van der Waals surface area contributed by atoms with Crippen LogP contribution in [0.4, 0.5) is 0 Å². The minimum atomic E-state index is 0.321. The lowest BCUT2D eigenvalue weighted by molar-refractivity contribution is -0.134. The Labute approximate surface area is 115 Å². The van der Waals surface area contributed by atoms with Crippen LogP contribution in [0.5, 0.6) is 0 Å². The van der Waals surface area contributed by atoms with Gasteiger partial charge in [0.15, 0.2) is 0 Å². The molecule has 1 saturated heterocycles. The minimum Gasteiger partial charge on any atom is -0.342 e. The largest absolute Gasteiger partial charge is 0.342 e. The first-order valence-electron chi connectivity index (χ1n) is 7.59. The summed E-state index contributed by atoms with van der Waals surface area (Å²) in [6.07, 6.45) is 4.70. The maximum atomic E-state index is 12.5. The summed E-state index contributed by atoms with van der Waals surface area (Å²) in [4.78, 5) is 14.6. The van der Waals surface area contributed by atoms with Crippen molar-refractivity contribution < 1.29 is 4.79 Å². The Morgan fingerprint density at radius 1 is 1.11 bits per heavy atom. The summed E-state index contributed by atoms with van der Waals surface area (Å²) >= 11 is 0. The van der Waals surface area contributed by atoms with Gasteiger partial charge in [0.25, 0.3) is 0 Å². The highest BCUT2D eigenvalue weighted by Crippen LogP contribution is 2.35. The van der Waals surface area contributed by atoms with Gasteiger partial charge in [-0.05, 0) is 24.3 Å². The molecule has 0 aromatic heterocycles. The zero-order valence-corrected chi connectivity index (χ0v) is 11.7. The van der Waals surface area contributed by atoms with Crippen LogP contribution in [0.25, 0.3) is 0 Å². The number of nitrogens with zero attached hydrogens (tertiary/aromatic N) is 1. The molecule has 19 heavy (non-hydrogen) atoms. The second-order valence-electron chi connectivity index (χ2n) is 6.22. The Kier molecular flexibility index (Phi) is 3.58. The normalized spacial score (nSPS) is 27.9. The summed E-state index contributed by atoms with van der Waals surface area (Å²) < 4.78 is 0. The van der Waals surface area contributed by atoms with Gasteiger partial charge in [-0.3, -0.25) is 4.79 Å². The Balaban J connectivity index is 1.69. The van der Waals surface area contributed by atoms with Gasteiger partial charge >= 0.3 is 0 Å². The van der Waals surface area contributed by atoms with Crippen molar-refractivity contribution in [1.82, 2.24) is 4.90 Å². The number of likely N-dealkylation sites (tertiary alicyclic amines) is 1. The average Bonchev–Trinajstić information content (AvgIpc) is 3.08. The van der Waals surface area contributed by atoms with E-state index in [2.05, 4.69) is 42.2 Å². The molecule has 2 aliphatic rings. The lowest BCUT2D eigenvalue weighted by Crippen LogP contribution is -2.33. The van der Waals surface area contributed by atoms with Gasteiger partial charge in [0, 0.05) is 24.9 Å². The molecule has 0 radical (unpaired) electrons. The van der Waals surface area contributed by atoms with E-state index in [1.165, 1.54) is 18.4 Å². The van der Waals surface area contributed by atoms with E-state index in [4.69, 9.17) is 0 Å². The van der Waals surface area contributed by atoms with E-state index in [-0.39, 0.29) is 0 Å². The fourth-order valence-electron chi connectivity index (χ4n) is 3.71. The second kappa shape index (κ2) is 5.36. The van der Waals surface area contributed by atoms with Crippen molar-refractivity contribution >= 4 is 5.91 Å². The molecule has 2 heteroatoms. The molecule has 0 bridgehead atoms. The van der Waals surface area contributed by atoms with Crippen molar-refractivity contribution in [3.05, 3.63) is 35.9 Å². The molecule has 1 saturated carbocycles. The van der Waals surface area contributed by atoms with Gasteiger partial charge in [0.2, 0.25) is 5.91 Å². The summed E-state index contributed by atoms with van der Waals surface area (Å²) in [5, 5.41) is 0. The zero-order valence-electron chi connectivity index (χ0n) is 11.7. The molecule has 0 N–H and O–H groups in total. The van der Waals surface area contributed by atoms with Crippen LogP contribution < -0.4 is 0 Å². The van der Waals surface area contributed by atoms with Crippen LogP contribution in [0, 0.1) is 11.8 Å². The van der Waals surface area contributed by atoms with Crippen molar-refractivity contribution in [2.24, 2.45) is 11.8 Å². The van der Waals surface area contributed by atoms with Gasteiger partial charge in [-0.2, -0.15) is 0 Å². The molecular formula is C17H23NO. The van der Waals surface area contributed by atoms with Crippen LogP contribution in [0.2, 0.25) is 0 Å². The monoisotopic (exact) mass is 257 g/mol. The lowest BCUT2D eigenvalue weighted by atomic mass is 9.90. The molecule has 1 aliphatic heterocycles. The summed E-state index contributed by atoms with van der Waals surface area (Å²) in [5.41, 5.74) is 1.39. The zero-order chi connectivity index (χ0) is 13.2. The van der Waals surface area contributed by atoms with Gasteiger partial charge in [-0.1, -0.05) is 50.1 Å². The summed E-state index contributed by atoms with van der Waals surface area (Å²) in [6.45, 7) is 4.13. The van der Waals surface area contributed by atoms with Crippen molar-refractivity contribution in [2.45, 2.75) is 38.5 Å². The molecule has 1 aromatic rings. The Morgan fingerprint density at radius 2 is 1.79 bits per heavy atom. The van der Waals surface area contributed by atoms with E-state index in [1.54, 1.807) is 0 Å². The number of amides is 1. The minimum absolute atomic E-state index is 0.321. The van der Waals surface area contributed by atoms with Crippen LogP contribution in [0.15, 0.2) is 30.3 Å². The third kappa shape index (κ3) is 2.54. The highest BCUT2D eigenvalue weighted by molar-refractivity contribution is 5.79. The third-order valence-corrected chi connectivity index (χ3v) is 4.86. The van der Waals surface area contributed by atoms with Crippen LogP contribution in [-0.2, 0) is 4.79 Å². The lowest BCUT2D eigenvalue weighted by Gasteiger charge is -2.20. The maximum absolute atomic E-state index is 12.5. The van der Waals surface area contributed by atoms with Gasteiger partial charge in [-0.15, -0.1) is 0 Å². The summed E-state index contributed by atoms with van der Waals surface area (Å²) in [7, 11) is 0. The number of carbonyl (C=O) groups is 1. The molecule has 1 aromatic carbocycles. The van der Waals surface area contributed by atoms with Crippen molar-refractivity contribution in [2.75, 3.05) is 13.1 Å². The van der Waals surface area contributed by atoms with Gasteiger partial charge < -0.3 is 4.90 Å². The van der Waals surface area contributed by atoms with E-state index in [9.17, 15) is 4.79 Å². The van der Waals surface area contributed by atoms with E-state index in [0.717, 1.165) is 25.9 Å². The number of benzene rings is 1. The predicted octanol–water partition coefficient (Wildman–Crippen LogP) is 3.44. The highest BCUT2D eigenvalue weighted by atomic mass is 16.2. The van der Waals surface area contributed by atoms with Gasteiger partial charge in [-0.25, -0.2) is 0 Å². The fourth-order valence-corrected chi connectivity index (χ4v) is 3.71. The number of hydrogen-bond acceptors (Lipinski definition) is 1. The first-order valence-corrected chi connectivity index (χ1v) is 7.59. The predicted molar refractivity (Wildman–Crippen MR) is 76.9 cm³/mol. The standard InChI is InChI=1S/C17H23NO/c1-13-11-18(17(19)15-9-5-6-10-15)12-16(13)14-7-3-2-4-8-14/h2-4,7-8,13,15-16H,5-6,9-12H2,1H3. The Morgan fingerprint density at radius 3 is 2.47 bits per heavy atom. The van der Waals surface area contributed by atoms with Gasteiger partial charge in [0.1, 0.15) is 0 Å². The van der Waals surface area contributed by atoms with E-state index in [1.807, 2.05) is 0 Å². The molecule has 2 unspecified atom stereocenters. The topological polar surface area (TPSA) is 20.3 Å². The first-order chi connectivity index (χ1) is 9.25. The van der Waals surface area contributed by atoms with Crippen LogP contribution in [-0.4, -0.2) is 23.9 Å². The number of carbonyl (C=O) groups excluding carboxylic acids is 1. The molecule has 2 fully saturated rings. The van der Waals surface area contributed by atoms with Crippen molar-refractivity contribution in [1.29, 1.82) is 0 Å². The number of hydrogen-bond donors (Lipinski definition) is 0. The maximum Gasteiger partial charge on any atom is 0.225 e. The third-order valence-electron chi connectivity index (χ3n) is 4.86. The molecule has 102 valence electrons. The SMILES string of the molecule is CC1CN(C(=O)C2CCCC2)CC1c1ccccc1. The second-order valence-corrected chi connectivity index (χ2v) is 6.22. The van der Waals surface area contributed by atoms with Gasteiger partial charge in [0.05, 0.1) is 0 Å². The molecule has 0 spiro atoms. The molecular weight excluding hydrogens is 234 g/mol. The Bertz CT molecular complexity index is 436. The summed E-state index contributed by atoms with van der Waals surface area (Å²) in [5.74, 6) is 1.84. The summed E-state index contributed by atoms with van der Waals surface area (Å²) in [6, 6.07) is 10.7. The van der Waals surface area contributed by atoms with E-state index in [0.29, 0.717) is 23.7 Å². The fraction of sp³-hybridized carbons (Fsp3) is 0.588. The molecule has 1 heterocycles. The van der Waals surface area contributed by atoms with E-state index < -0.39 is 0 Å². The molecule has 3 rings (SSSR count). The quantitative estimate of drug-likeness (QED) is 0.794. The Hall–Kier alpha value is -1.31. The molecule has 2 atom stereocenters. The van der Waals surface area contributed by atoms with Crippen LogP contribution in [0.3, 0.4) is 0 Å².